The number of phenols is 2. The molecule has 0 unspecified atom stereocenters. The molecule has 12 nitrogen and oxygen atoms in total. The quantitative estimate of drug-likeness (QED) is 0.0340. The van der Waals surface area contributed by atoms with E-state index in [1.807, 2.05) is 48.5 Å². The number of hydrogen-bond acceptors (Lipinski definition) is 11. The van der Waals surface area contributed by atoms with Gasteiger partial charge in [-0.05, 0) is 125 Å². The molecule has 0 aliphatic rings. The second kappa shape index (κ2) is 16.9. The minimum Gasteiger partial charge on any atom is -0.508 e. The van der Waals surface area contributed by atoms with Crippen molar-refractivity contribution in [3.05, 3.63) is 167 Å². The lowest BCUT2D eigenvalue weighted by molar-refractivity contribution is -0.253. The van der Waals surface area contributed by atoms with Crippen LogP contribution in [0.3, 0.4) is 0 Å². The van der Waals surface area contributed by atoms with Gasteiger partial charge < -0.3 is 34.4 Å². The van der Waals surface area contributed by atoms with Crippen LogP contribution in [-0.4, -0.2) is 32.5 Å². The van der Waals surface area contributed by atoms with Gasteiger partial charge in [-0.15, -0.1) is 0 Å². The van der Waals surface area contributed by atoms with E-state index in [-0.39, 0.29) is 47.0 Å². The number of esters is 1. The van der Waals surface area contributed by atoms with E-state index < -0.39 is 11.9 Å². The molecule has 0 aliphatic heterocycles. The molecule has 6 aromatic rings. The van der Waals surface area contributed by atoms with Crippen LogP contribution in [0.2, 0.25) is 0 Å². The van der Waals surface area contributed by atoms with Gasteiger partial charge in [-0.2, -0.15) is 4.89 Å². The first kappa shape index (κ1) is 37.9. The highest BCUT2D eigenvalue weighted by molar-refractivity contribution is 6.03. The Balaban J connectivity index is 1.00. The minimum absolute atomic E-state index is 0.0215. The van der Waals surface area contributed by atoms with Crippen LogP contribution in [0, 0.1) is 0 Å². The first-order chi connectivity index (χ1) is 26.5. The summed E-state index contributed by atoms with van der Waals surface area (Å²) in [7, 11) is 0. The van der Waals surface area contributed by atoms with Crippen LogP contribution in [0.15, 0.2) is 133 Å². The van der Waals surface area contributed by atoms with Crippen LogP contribution in [0.4, 0.5) is 0 Å². The molecular formula is C43H36O12. The predicted octanol–water partition coefficient (Wildman–Crippen LogP) is 9.43. The van der Waals surface area contributed by atoms with Crippen LogP contribution in [0.25, 0.3) is 0 Å². The van der Waals surface area contributed by atoms with Crippen molar-refractivity contribution in [2.75, 3.05) is 0 Å². The lowest BCUT2D eigenvalue weighted by Crippen LogP contribution is -2.18. The average molecular weight is 745 g/mol. The zero-order valence-corrected chi connectivity index (χ0v) is 29.7. The summed E-state index contributed by atoms with van der Waals surface area (Å²) >= 11 is 0. The zero-order chi connectivity index (χ0) is 39.0. The summed E-state index contributed by atoms with van der Waals surface area (Å²) in [5.41, 5.74) is 2.48. The molecule has 280 valence electrons. The van der Waals surface area contributed by atoms with Gasteiger partial charge in [0.05, 0.1) is 11.1 Å². The lowest BCUT2D eigenvalue weighted by atomic mass is 9.78. The number of carbonyl (C=O) groups is 2. The summed E-state index contributed by atoms with van der Waals surface area (Å²) in [6.45, 7) is 4.21. The van der Waals surface area contributed by atoms with Crippen molar-refractivity contribution in [2.45, 2.75) is 32.5 Å². The predicted molar refractivity (Wildman–Crippen MR) is 199 cm³/mol. The molecule has 0 spiro atoms. The van der Waals surface area contributed by atoms with Crippen LogP contribution in [0.1, 0.15) is 56.8 Å². The number of carboxylic acids is 1. The number of aromatic carboxylic acids is 1. The van der Waals surface area contributed by atoms with Crippen molar-refractivity contribution < 1.29 is 59.0 Å². The fourth-order valence-electron chi connectivity index (χ4n) is 5.62. The first-order valence-corrected chi connectivity index (χ1v) is 16.9. The van der Waals surface area contributed by atoms with Gasteiger partial charge in [-0.25, -0.2) is 14.5 Å². The summed E-state index contributed by atoms with van der Waals surface area (Å²) in [6.07, 6.45) is 0. The third kappa shape index (κ3) is 9.58. The van der Waals surface area contributed by atoms with Gasteiger partial charge >= 0.3 is 11.9 Å². The maximum absolute atomic E-state index is 12.6. The van der Waals surface area contributed by atoms with Crippen molar-refractivity contribution in [1.29, 1.82) is 0 Å². The number of rotatable bonds is 15. The molecule has 6 rings (SSSR count). The number of benzene rings is 6. The number of carbonyl (C=O) groups excluding carboxylic acids is 1. The van der Waals surface area contributed by atoms with E-state index in [9.17, 15) is 24.9 Å². The molecule has 0 bridgehead atoms. The van der Waals surface area contributed by atoms with Gasteiger partial charge in [0, 0.05) is 5.41 Å². The van der Waals surface area contributed by atoms with Crippen LogP contribution < -0.4 is 19.1 Å². The topological polar surface area (TPSA) is 170 Å². The molecule has 0 heterocycles. The zero-order valence-electron chi connectivity index (χ0n) is 29.7. The molecule has 0 amide bonds. The third-order valence-corrected chi connectivity index (χ3v) is 8.71. The van der Waals surface area contributed by atoms with Crippen molar-refractivity contribution in [1.82, 2.24) is 0 Å². The maximum atomic E-state index is 12.6. The van der Waals surface area contributed by atoms with Crippen molar-refractivity contribution >= 4 is 11.9 Å². The van der Waals surface area contributed by atoms with Gasteiger partial charge in [0.1, 0.15) is 53.5 Å². The fourth-order valence-corrected chi connectivity index (χ4v) is 5.62. The number of ether oxygens (including phenoxy) is 3. The molecule has 0 aromatic heterocycles. The van der Waals surface area contributed by atoms with Gasteiger partial charge in [-0.3, -0.25) is 5.26 Å². The Morgan fingerprint density at radius 1 is 0.545 bits per heavy atom. The third-order valence-electron chi connectivity index (χ3n) is 8.71. The minimum atomic E-state index is -1.32. The second-order valence-corrected chi connectivity index (χ2v) is 12.8. The fraction of sp³-hybridized carbons (Fsp3) is 0.116. The summed E-state index contributed by atoms with van der Waals surface area (Å²) in [4.78, 5) is 39.0. The number of phenolic OH excluding ortho intramolecular Hbond substituents is 2. The van der Waals surface area contributed by atoms with Crippen molar-refractivity contribution in [3.63, 3.8) is 0 Å². The van der Waals surface area contributed by atoms with Crippen LogP contribution in [0.5, 0.6) is 46.0 Å². The van der Waals surface area contributed by atoms with E-state index in [1.165, 1.54) is 30.3 Å². The van der Waals surface area contributed by atoms with E-state index in [0.29, 0.717) is 39.9 Å². The Kier molecular flexibility index (Phi) is 11.6. The summed E-state index contributed by atoms with van der Waals surface area (Å²) < 4.78 is 17.4. The smallest absolute Gasteiger partial charge is 0.344 e. The molecule has 0 atom stereocenters. The van der Waals surface area contributed by atoms with Crippen LogP contribution >= 0.6 is 0 Å². The molecule has 4 N–H and O–H groups in total. The summed E-state index contributed by atoms with van der Waals surface area (Å²) in [6, 6.07) is 36.7. The number of aromatic hydroxyl groups is 2. The van der Waals surface area contributed by atoms with E-state index in [2.05, 4.69) is 18.7 Å². The molecule has 0 saturated carbocycles. The summed E-state index contributed by atoms with van der Waals surface area (Å²) in [5.74, 6) is 0.538. The van der Waals surface area contributed by atoms with E-state index in [1.54, 1.807) is 42.5 Å². The van der Waals surface area contributed by atoms with Gasteiger partial charge in [-0.1, -0.05) is 44.2 Å². The maximum Gasteiger partial charge on any atom is 0.344 e. The first-order valence-electron chi connectivity index (χ1n) is 16.9. The number of hydrogen-bond donors (Lipinski definition) is 4. The highest BCUT2D eigenvalue weighted by Crippen LogP contribution is 2.35. The monoisotopic (exact) mass is 744 g/mol. The SMILES string of the molecule is CC(C)(c1ccc(Oc2ccc(OOCc3cc(O)ccc3COO)cc2)cc1)c1ccc(Oc2ccc(OC(=O)c3cc(O)ccc3C(=O)O)cc2)cc1. The highest BCUT2D eigenvalue weighted by Gasteiger charge is 2.24. The normalized spacial score (nSPS) is 11.1. The lowest BCUT2D eigenvalue weighted by Gasteiger charge is -2.26. The molecule has 12 heteroatoms. The molecule has 6 aromatic carbocycles. The van der Waals surface area contributed by atoms with Gasteiger partial charge in [0.15, 0.2) is 5.75 Å². The second-order valence-electron chi connectivity index (χ2n) is 12.8. The highest BCUT2D eigenvalue weighted by atomic mass is 17.2. The van der Waals surface area contributed by atoms with Gasteiger partial charge in [0.25, 0.3) is 0 Å². The largest absolute Gasteiger partial charge is 0.508 e. The van der Waals surface area contributed by atoms with Gasteiger partial charge in [0.2, 0.25) is 0 Å². The molecule has 0 aliphatic carbocycles. The summed E-state index contributed by atoms with van der Waals surface area (Å²) in [5, 5.41) is 37.6. The molecule has 0 radical (unpaired) electrons. The molecular weight excluding hydrogens is 708 g/mol. The Morgan fingerprint density at radius 2 is 1.02 bits per heavy atom. The van der Waals surface area contributed by atoms with Crippen molar-refractivity contribution in [2.24, 2.45) is 0 Å². The van der Waals surface area contributed by atoms with E-state index in [0.717, 1.165) is 23.3 Å². The Morgan fingerprint density at radius 3 is 1.55 bits per heavy atom. The Bertz CT molecular complexity index is 2250. The van der Waals surface area contributed by atoms with E-state index >= 15 is 0 Å². The number of carboxylic acid groups (broad SMARTS) is 1. The Labute approximate surface area is 315 Å². The molecule has 0 fully saturated rings. The standard InChI is InChI=1S/C43H36O12/c1-43(2,29-4-10-33(11-5-29)52-35-14-16-37(17-15-35)54-42(48)40-24-32(45)9-22-39(40)41(46)47)30-6-12-34(13-7-30)53-36-18-20-38(21-19-36)55-51-26-28-23-31(44)8-3-27(28)25-50-49/h3-24,44-45,49H,25-26H2,1-2H3,(H,46,47). The van der Waals surface area contributed by atoms with Crippen LogP contribution in [-0.2, 0) is 28.4 Å². The van der Waals surface area contributed by atoms with Crippen molar-refractivity contribution in [3.8, 4) is 46.0 Å². The molecule has 55 heavy (non-hydrogen) atoms. The molecule has 0 saturated heterocycles. The Hall–Kier alpha value is -6.86. The van der Waals surface area contributed by atoms with E-state index in [4.69, 9.17) is 29.2 Å². The average Bonchev–Trinajstić information content (AvgIpc) is 3.17.